The highest BCUT2D eigenvalue weighted by Gasteiger charge is 2.32. The minimum Gasteiger partial charge on any atom is -0.508 e. The van der Waals surface area contributed by atoms with E-state index >= 15 is 0 Å². The summed E-state index contributed by atoms with van der Waals surface area (Å²) in [4.78, 5) is 20.9. The quantitative estimate of drug-likeness (QED) is 0.556. The molecule has 7 nitrogen and oxygen atoms in total. The number of thioether (sulfide) groups is 1. The van der Waals surface area contributed by atoms with Crippen molar-refractivity contribution in [2.45, 2.75) is 11.4 Å². The molecule has 2 rings (SSSR count). The van der Waals surface area contributed by atoms with Gasteiger partial charge in [-0.05, 0) is 6.07 Å². The molecule has 3 N–H and O–H groups in total. The Balaban J connectivity index is 2.26. The smallest absolute Gasteiger partial charge is 0.321 e. The number of carboxylic acid groups (broad SMARTS) is 1. The first-order valence-electron chi connectivity index (χ1n) is 5.07. The fourth-order valence-electron chi connectivity index (χ4n) is 1.66. The lowest BCUT2D eigenvalue weighted by atomic mass is 10.1. The van der Waals surface area contributed by atoms with Gasteiger partial charge in [0.1, 0.15) is 11.8 Å². The van der Waals surface area contributed by atoms with E-state index in [1.165, 1.54) is 30.0 Å². The van der Waals surface area contributed by atoms with Crippen molar-refractivity contribution in [3.05, 3.63) is 33.9 Å². The number of nitrogens with zero attached hydrogens (tertiary/aromatic N) is 1. The number of nitro groups is 1. The van der Waals surface area contributed by atoms with Gasteiger partial charge in [0, 0.05) is 23.4 Å². The van der Waals surface area contributed by atoms with E-state index in [1.807, 2.05) is 0 Å². The molecule has 8 heteroatoms. The van der Waals surface area contributed by atoms with Crippen LogP contribution in [-0.4, -0.2) is 32.9 Å². The van der Waals surface area contributed by atoms with Crippen LogP contribution in [0.2, 0.25) is 0 Å². The van der Waals surface area contributed by atoms with Gasteiger partial charge in [-0.3, -0.25) is 20.2 Å². The predicted octanol–water partition coefficient (Wildman–Crippen LogP) is 1.09. The largest absolute Gasteiger partial charge is 0.508 e. The summed E-state index contributed by atoms with van der Waals surface area (Å²) in [6.45, 7) is 0. The zero-order chi connectivity index (χ0) is 13.3. The van der Waals surface area contributed by atoms with Gasteiger partial charge in [-0.25, -0.2) is 0 Å². The lowest BCUT2D eigenvalue weighted by molar-refractivity contribution is -0.384. The molecule has 0 amide bonds. The second kappa shape index (κ2) is 4.83. The Labute approximate surface area is 106 Å². The van der Waals surface area contributed by atoms with Crippen molar-refractivity contribution in [3.63, 3.8) is 0 Å². The van der Waals surface area contributed by atoms with Crippen molar-refractivity contribution >= 4 is 23.4 Å². The van der Waals surface area contributed by atoms with Crippen LogP contribution in [0.3, 0.4) is 0 Å². The first kappa shape index (κ1) is 12.7. The number of aromatic hydroxyl groups is 1. The standard InChI is InChI=1S/C10H10N2O5S/c13-8-2-1-5(12(16)17)3-6(8)9-11-7(4-18-9)10(14)15/h1-3,7,9,11,13H,4H2,(H,14,15)/t7-,9+/m1/s1. The van der Waals surface area contributed by atoms with Gasteiger partial charge in [0.25, 0.3) is 5.69 Å². The van der Waals surface area contributed by atoms with Crippen molar-refractivity contribution in [2.24, 2.45) is 0 Å². The molecule has 1 aliphatic heterocycles. The first-order chi connectivity index (χ1) is 8.49. The number of hydrogen-bond acceptors (Lipinski definition) is 6. The summed E-state index contributed by atoms with van der Waals surface area (Å²) in [5.74, 6) is -0.714. The van der Waals surface area contributed by atoms with E-state index in [0.717, 1.165) is 0 Å². The molecular formula is C10H10N2O5S. The van der Waals surface area contributed by atoms with Gasteiger partial charge < -0.3 is 10.2 Å². The van der Waals surface area contributed by atoms with E-state index in [0.29, 0.717) is 11.3 Å². The Bertz CT molecular complexity index is 507. The maximum atomic E-state index is 10.8. The first-order valence-corrected chi connectivity index (χ1v) is 6.11. The molecule has 0 aliphatic carbocycles. The molecule has 0 unspecified atom stereocenters. The van der Waals surface area contributed by atoms with E-state index < -0.39 is 22.3 Å². The van der Waals surface area contributed by atoms with Crippen molar-refractivity contribution < 1.29 is 19.9 Å². The van der Waals surface area contributed by atoms with E-state index in [-0.39, 0.29) is 11.4 Å². The monoisotopic (exact) mass is 270 g/mol. The summed E-state index contributed by atoms with van der Waals surface area (Å²) >= 11 is 1.29. The number of rotatable bonds is 3. The molecule has 96 valence electrons. The molecule has 0 spiro atoms. The Kier molecular flexibility index (Phi) is 3.39. The maximum Gasteiger partial charge on any atom is 0.321 e. The number of phenols is 1. The number of nitro benzene ring substituents is 1. The average molecular weight is 270 g/mol. The molecule has 1 saturated heterocycles. The molecule has 1 heterocycles. The number of aliphatic carboxylic acids is 1. The van der Waals surface area contributed by atoms with Crippen LogP contribution in [-0.2, 0) is 4.79 Å². The number of non-ortho nitro benzene ring substituents is 1. The van der Waals surface area contributed by atoms with E-state index in [9.17, 15) is 20.0 Å². The van der Waals surface area contributed by atoms with Crippen LogP contribution in [0.1, 0.15) is 10.9 Å². The van der Waals surface area contributed by atoms with Gasteiger partial charge in [0.15, 0.2) is 0 Å². The molecular weight excluding hydrogens is 260 g/mol. The number of carboxylic acids is 1. The normalized spacial score (nSPS) is 22.9. The SMILES string of the molecule is O=C(O)[C@H]1CS[C@@H](c2cc([N+](=O)[O-])ccc2O)N1. The topological polar surface area (TPSA) is 113 Å². The summed E-state index contributed by atoms with van der Waals surface area (Å²) < 4.78 is 0. The van der Waals surface area contributed by atoms with Crippen molar-refractivity contribution in [3.8, 4) is 5.75 Å². The molecule has 1 aromatic rings. The van der Waals surface area contributed by atoms with Gasteiger partial charge in [-0.2, -0.15) is 0 Å². The van der Waals surface area contributed by atoms with Gasteiger partial charge in [-0.1, -0.05) is 0 Å². The number of phenolic OH excluding ortho intramolecular Hbond substituents is 1. The zero-order valence-corrected chi connectivity index (χ0v) is 9.88. The minimum atomic E-state index is -0.977. The Morgan fingerprint density at radius 3 is 2.83 bits per heavy atom. The minimum absolute atomic E-state index is 0.0864. The second-order valence-electron chi connectivity index (χ2n) is 3.77. The van der Waals surface area contributed by atoms with Crippen LogP contribution >= 0.6 is 11.8 Å². The third kappa shape index (κ3) is 2.39. The van der Waals surface area contributed by atoms with E-state index in [1.54, 1.807) is 0 Å². The fourth-order valence-corrected chi connectivity index (χ4v) is 2.91. The van der Waals surface area contributed by atoms with Crippen LogP contribution in [0.5, 0.6) is 5.75 Å². The number of nitrogens with one attached hydrogen (secondary N) is 1. The van der Waals surface area contributed by atoms with Crippen LogP contribution in [0, 0.1) is 10.1 Å². The van der Waals surface area contributed by atoms with Crippen LogP contribution in [0.25, 0.3) is 0 Å². The highest BCUT2D eigenvalue weighted by molar-refractivity contribution is 7.99. The zero-order valence-electron chi connectivity index (χ0n) is 9.07. The molecule has 18 heavy (non-hydrogen) atoms. The molecule has 0 bridgehead atoms. The van der Waals surface area contributed by atoms with Crippen LogP contribution < -0.4 is 5.32 Å². The fraction of sp³-hybridized carbons (Fsp3) is 0.300. The lowest BCUT2D eigenvalue weighted by Crippen LogP contribution is -2.33. The molecule has 2 atom stereocenters. The summed E-state index contributed by atoms with van der Waals surface area (Å²) in [5.41, 5.74) is 0.196. The summed E-state index contributed by atoms with van der Waals surface area (Å²) in [6, 6.07) is 2.99. The Hall–Kier alpha value is -1.80. The van der Waals surface area contributed by atoms with E-state index in [4.69, 9.17) is 5.11 Å². The number of hydrogen-bond donors (Lipinski definition) is 3. The number of carbonyl (C=O) groups is 1. The van der Waals surface area contributed by atoms with Crippen molar-refractivity contribution in [1.29, 1.82) is 0 Å². The third-order valence-electron chi connectivity index (χ3n) is 2.58. The lowest BCUT2D eigenvalue weighted by Gasteiger charge is -2.12. The van der Waals surface area contributed by atoms with Gasteiger partial charge in [-0.15, -0.1) is 11.8 Å². The van der Waals surface area contributed by atoms with Gasteiger partial charge >= 0.3 is 5.97 Å². The van der Waals surface area contributed by atoms with Crippen LogP contribution in [0.15, 0.2) is 18.2 Å². The van der Waals surface area contributed by atoms with Gasteiger partial charge in [0.05, 0.1) is 10.3 Å². The molecule has 1 fully saturated rings. The van der Waals surface area contributed by atoms with Crippen molar-refractivity contribution in [1.82, 2.24) is 5.32 Å². The third-order valence-corrected chi connectivity index (χ3v) is 3.83. The molecule has 0 saturated carbocycles. The molecule has 1 aliphatic rings. The van der Waals surface area contributed by atoms with Crippen molar-refractivity contribution in [2.75, 3.05) is 5.75 Å². The average Bonchev–Trinajstić information content (AvgIpc) is 2.78. The summed E-state index contributed by atoms with van der Waals surface area (Å²) in [5, 5.41) is 31.5. The van der Waals surface area contributed by atoms with E-state index in [2.05, 4.69) is 5.32 Å². The predicted molar refractivity (Wildman–Crippen MR) is 64.5 cm³/mol. The summed E-state index contributed by atoms with van der Waals surface area (Å²) in [7, 11) is 0. The Morgan fingerprint density at radius 1 is 1.56 bits per heavy atom. The molecule has 1 aromatic carbocycles. The molecule has 0 radical (unpaired) electrons. The maximum absolute atomic E-state index is 10.8. The highest BCUT2D eigenvalue weighted by Crippen LogP contribution is 2.38. The second-order valence-corrected chi connectivity index (χ2v) is 4.91. The number of benzene rings is 1. The summed E-state index contributed by atoms with van der Waals surface area (Å²) in [6.07, 6.45) is 0. The highest BCUT2D eigenvalue weighted by atomic mass is 32.2. The van der Waals surface area contributed by atoms with Crippen LogP contribution in [0.4, 0.5) is 5.69 Å². The Morgan fingerprint density at radius 2 is 2.28 bits per heavy atom. The molecule has 0 aromatic heterocycles. The van der Waals surface area contributed by atoms with Gasteiger partial charge in [0.2, 0.25) is 0 Å².